The van der Waals surface area contributed by atoms with Gasteiger partial charge in [-0.05, 0) is 25.5 Å². The molecule has 9 heteroatoms. The van der Waals surface area contributed by atoms with E-state index in [1.807, 2.05) is 36.5 Å². The average molecular weight is 349 g/mol. The predicted molar refractivity (Wildman–Crippen MR) is 84.2 cm³/mol. The number of aromatic nitrogens is 2. The molecule has 1 N–H and O–H groups in total. The van der Waals surface area contributed by atoms with Crippen molar-refractivity contribution in [3.8, 4) is 0 Å². The molecule has 0 aliphatic heterocycles. The number of imidazole rings is 1. The Morgan fingerprint density at radius 1 is 1.52 bits per heavy atom. The lowest BCUT2D eigenvalue weighted by Gasteiger charge is -2.23. The molecule has 0 saturated heterocycles. The van der Waals surface area contributed by atoms with Gasteiger partial charge < -0.3 is 9.47 Å². The first kappa shape index (κ1) is 16.4. The van der Waals surface area contributed by atoms with Gasteiger partial charge >= 0.3 is 0 Å². The number of sulfonamides is 1. The molecule has 0 aliphatic rings. The van der Waals surface area contributed by atoms with Crippen molar-refractivity contribution < 1.29 is 8.42 Å². The molecule has 0 spiro atoms. The first-order chi connectivity index (χ1) is 9.83. The average Bonchev–Trinajstić information content (AvgIpc) is 3.01. The van der Waals surface area contributed by atoms with Gasteiger partial charge in [0.2, 0.25) is 5.03 Å². The number of hydrogen-bond acceptors (Lipinski definition) is 5. The molecule has 0 bridgehead atoms. The van der Waals surface area contributed by atoms with Crippen molar-refractivity contribution >= 4 is 33.0 Å². The van der Waals surface area contributed by atoms with Crippen LogP contribution in [0.25, 0.3) is 0 Å². The minimum absolute atomic E-state index is 0.0396. The van der Waals surface area contributed by atoms with Gasteiger partial charge in [-0.1, -0.05) is 17.7 Å². The highest BCUT2D eigenvalue weighted by Crippen LogP contribution is 2.24. The van der Waals surface area contributed by atoms with Crippen LogP contribution >= 0.6 is 22.9 Å². The highest BCUT2D eigenvalue weighted by molar-refractivity contribution is 7.89. The number of nitrogens with zero attached hydrogens (tertiary/aromatic N) is 3. The molecule has 2 heterocycles. The van der Waals surface area contributed by atoms with Crippen LogP contribution in [0, 0.1) is 0 Å². The van der Waals surface area contributed by atoms with Crippen molar-refractivity contribution in [1.29, 1.82) is 0 Å². The quantitative estimate of drug-likeness (QED) is 0.863. The van der Waals surface area contributed by atoms with Gasteiger partial charge in [-0.2, -0.15) is 0 Å². The Morgan fingerprint density at radius 3 is 2.71 bits per heavy atom. The van der Waals surface area contributed by atoms with Gasteiger partial charge in [0.15, 0.2) is 0 Å². The SMILES string of the molecule is CN(C)C(CNS(=O)(=O)c1ncn(C)c1Cl)c1cccs1. The zero-order valence-electron chi connectivity index (χ0n) is 11.9. The third-order valence-electron chi connectivity index (χ3n) is 3.05. The van der Waals surface area contributed by atoms with E-state index >= 15 is 0 Å². The molecule has 0 aliphatic carbocycles. The first-order valence-electron chi connectivity index (χ1n) is 6.19. The normalized spacial score (nSPS) is 13.8. The number of likely N-dealkylation sites (N-methyl/N-ethyl adjacent to an activating group) is 1. The van der Waals surface area contributed by atoms with Crippen LogP contribution in [0.3, 0.4) is 0 Å². The van der Waals surface area contributed by atoms with Gasteiger partial charge in [-0.15, -0.1) is 11.3 Å². The molecule has 6 nitrogen and oxygen atoms in total. The van der Waals surface area contributed by atoms with Crippen LogP contribution < -0.4 is 4.72 Å². The number of aryl methyl sites for hydroxylation is 1. The zero-order chi connectivity index (χ0) is 15.6. The number of halogens is 1. The highest BCUT2D eigenvalue weighted by atomic mass is 35.5. The topological polar surface area (TPSA) is 67.2 Å². The summed E-state index contributed by atoms with van der Waals surface area (Å²) >= 11 is 7.53. The van der Waals surface area contributed by atoms with Crippen LogP contribution in [0.5, 0.6) is 0 Å². The summed E-state index contributed by atoms with van der Waals surface area (Å²) in [6, 6.07) is 3.89. The minimum Gasteiger partial charge on any atom is -0.324 e. The number of hydrogen-bond donors (Lipinski definition) is 1. The maximum atomic E-state index is 12.3. The molecule has 0 amide bonds. The lowest BCUT2D eigenvalue weighted by Crippen LogP contribution is -2.34. The molecule has 0 radical (unpaired) electrons. The van der Waals surface area contributed by atoms with E-state index in [1.165, 1.54) is 10.9 Å². The van der Waals surface area contributed by atoms with Crippen molar-refractivity contribution in [1.82, 2.24) is 19.2 Å². The Hall–Kier alpha value is -0.930. The molecule has 2 rings (SSSR count). The maximum absolute atomic E-state index is 12.3. The second-order valence-corrected chi connectivity index (χ2v) is 7.82. The Balaban J connectivity index is 2.15. The van der Waals surface area contributed by atoms with E-state index in [4.69, 9.17) is 11.6 Å². The Morgan fingerprint density at radius 2 is 2.24 bits per heavy atom. The Bertz CT molecular complexity index is 695. The van der Waals surface area contributed by atoms with Gasteiger partial charge in [-0.25, -0.2) is 18.1 Å². The zero-order valence-corrected chi connectivity index (χ0v) is 14.3. The van der Waals surface area contributed by atoms with E-state index < -0.39 is 10.0 Å². The molecule has 0 saturated carbocycles. The van der Waals surface area contributed by atoms with Crippen LogP contribution in [0.4, 0.5) is 0 Å². The smallest absolute Gasteiger partial charge is 0.261 e. The lowest BCUT2D eigenvalue weighted by molar-refractivity contribution is 0.303. The standard InChI is InChI=1S/C12H17ClN4O2S2/c1-16(2)9(10-5-4-6-20-10)7-15-21(18,19)12-11(13)17(3)8-14-12/h4-6,8-9,15H,7H2,1-3H3. The third kappa shape index (κ3) is 3.64. The fourth-order valence-corrected chi connectivity index (χ4v) is 4.24. The Kier molecular flexibility index (Phi) is 5.05. The molecule has 1 unspecified atom stereocenters. The fourth-order valence-electron chi connectivity index (χ4n) is 1.85. The fraction of sp³-hybridized carbons (Fsp3) is 0.417. The largest absolute Gasteiger partial charge is 0.324 e. The Labute approximate surface area is 133 Å². The molecular formula is C12H17ClN4O2S2. The van der Waals surface area contributed by atoms with E-state index in [0.29, 0.717) is 0 Å². The van der Waals surface area contributed by atoms with Gasteiger partial charge in [0.1, 0.15) is 5.15 Å². The van der Waals surface area contributed by atoms with Crippen LogP contribution in [-0.2, 0) is 17.1 Å². The molecule has 2 aromatic heterocycles. The summed E-state index contributed by atoms with van der Waals surface area (Å²) in [5.74, 6) is 0. The summed E-state index contributed by atoms with van der Waals surface area (Å²) in [4.78, 5) is 6.90. The highest BCUT2D eigenvalue weighted by Gasteiger charge is 2.24. The van der Waals surface area contributed by atoms with Crippen LogP contribution in [0.1, 0.15) is 10.9 Å². The van der Waals surface area contributed by atoms with Crippen molar-refractivity contribution in [2.75, 3.05) is 20.6 Å². The molecule has 116 valence electrons. The van der Waals surface area contributed by atoms with E-state index in [9.17, 15) is 8.42 Å². The summed E-state index contributed by atoms with van der Waals surface area (Å²) < 4.78 is 28.6. The predicted octanol–water partition coefficient (Wildman–Crippen LogP) is 1.72. The summed E-state index contributed by atoms with van der Waals surface area (Å²) in [6.45, 7) is 0.253. The first-order valence-corrected chi connectivity index (χ1v) is 8.93. The monoisotopic (exact) mass is 348 g/mol. The van der Waals surface area contributed by atoms with Crippen LogP contribution in [0.15, 0.2) is 28.9 Å². The number of rotatable bonds is 6. The van der Waals surface area contributed by atoms with Gasteiger partial charge in [-0.3, -0.25) is 0 Å². The van der Waals surface area contributed by atoms with Crippen molar-refractivity contribution in [2.24, 2.45) is 7.05 Å². The number of thiophene rings is 1. The van der Waals surface area contributed by atoms with Gasteiger partial charge in [0, 0.05) is 18.5 Å². The minimum atomic E-state index is -3.73. The molecule has 0 aromatic carbocycles. The van der Waals surface area contributed by atoms with Crippen LogP contribution in [0.2, 0.25) is 5.15 Å². The van der Waals surface area contributed by atoms with Gasteiger partial charge in [0.05, 0.1) is 12.4 Å². The van der Waals surface area contributed by atoms with Gasteiger partial charge in [0.25, 0.3) is 10.0 Å². The second kappa shape index (κ2) is 6.45. The summed E-state index contributed by atoms with van der Waals surface area (Å²) in [6.07, 6.45) is 1.37. The molecule has 2 aromatic rings. The summed E-state index contributed by atoms with van der Waals surface area (Å²) in [5.41, 5.74) is 0. The van der Waals surface area contributed by atoms with Crippen molar-refractivity contribution in [2.45, 2.75) is 11.1 Å². The van der Waals surface area contributed by atoms with E-state index in [-0.39, 0.29) is 22.8 Å². The van der Waals surface area contributed by atoms with Crippen LogP contribution in [-0.4, -0.2) is 43.5 Å². The van der Waals surface area contributed by atoms with Crippen molar-refractivity contribution in [3.05, 3.63) is 33.9 Å². The molecule has 1 atom stereocenters. The second-order valence-electron chi connectivity index (χ2n) is 4.80. The van der Waals surface area contributed by atoms with E-state index in [2.05, 4.69) is 9.71 Å². The number of nitrogens with one attached hydrogen (secondary N) is 1. The molecule has 21 heavy (non-hydrogen) atoms. The maximum Gasteiger partial charge on any atom is 0.261 e. The molecule has 0 fully saturated rings. The summed E-state index contributed by atoms with van der Waals surface area (Å²) in [7, 11) is 1.73. The van der Waals surface area contributed by atoms with Crippen molar-refractivity contribution in [3.63, 3.8) is 0 Å². The summed E-state index contributed by atoms with van der Waals surface area (Å²) in [5, 5.41) is 1.92. The van der Waals surface area contributed by atoms with E-state index in [0.717, 1.165) is 4.88 Å². The lowest BCUT2D eigenvalue weighted by atomic mass is 10.2. The molecular weight excluding hydrogens is 332 g/mol. The van der Waals surface area contributed by atoms with E-state index in [1.54, 1.807) is 18.4 Å². The third-order valence-corrected chi connectivity index (χ3v) is 5.94.